The summed E-state index contributed by atoms with van der Waals surface area (Å²) in [6.45, 7) is 3.94. The molecule has 1 N–H and O–H groups in total. The molecule has 4 nitrogen and oxygen atoms in total. The van der Waals surface area contributed by atoms with E-state index >= 15 is 0 Å². The molecule has 0 saturated carbocycles. The fourth-order valence-corrected chi connectivity index (χ4v) is 2.29. The lowest BCUT2D eigenvalue weighted by atomic mass is 10.2. The molecule has 0 unspecified atom stereocenters. The van der Waals surface area contributed by atoms with Gasteiger partial charge in [-0.1, -0.05) is 11.6 Å². The first kappa shape index (κ1) is 11.3. The molecule has 0 amide bonds. The number of rotatable bonds is 1. The minimum absolute atomic E-state index is 0.738. The lowest BCUT2D eigenvalue weighted by Gasteiger charge is -1.96. The van der Waals surface area contributed by atoms with Gasteiger partial charge in [0.15, 0.2) is 5.82 Å². The number of aryl methyl sites for hydroxylation is 3. The van der Waals surface area contributed by atoms with E-state index in [2.05, 4.69) is 15.1 Å². The smallest absolute Gasteiger partial charge is 0.156 e. The number of H-pyrrole nitrogens is 1. The molecule has 18 heavy (non-hydrogen) atoms. The maximum Gasteiger partial charge on any atom is 0.156 e. The van der Waals surface area contributed by atoms with Gasteiger partial charge in [0.1, 0.15) is 5.69 Å². The molecule has 0 saturated heterocycles. The highest BCUT2D eigenvalue weighted by Crippen LogP contribution is 2.26. The zero-order valence-electron chi connectivity index (χ0n) is 10.5. The molecular formula is C13H13ClN4. The molecule has 1 aromatic carbocycles. The van der Waals surface area contributed by atoms with Gasteiger partial charge in [-0.15, -0.1) is 0 Å². The van der Waals surface area contributed by atoms with Gasteiger partial charge in [0.2, 0.25) is 0 Å². The summed E-state index contributed by atoms with van der Waals surface area (Å²) < 4.78 is 1.82. The summed E-state index contributed by atoms with van der Waals surface area (Å²) in [5.41, 5.74) is 4.85. The van der Waals surface area contributed by atoms with Crippen molar-refractivity contribution in [1.29, 1.82) is 0 Å². The lowest BCUT2D eigenvalue weighted by molar-refractivity contribution is 0.760. The Bertz CT molecular complexity index is 739. The summed E-state index contributed by atoms with van der Waals surface area (Å²) in [6.07, 6.45) is 0. The predicted molar refractivity (Wildman–Crippen MR) is 72.8 cm³/mol. The number of fused-ring (bicyclic) bond motifs is 1. The van der Waals surface area contributed by atoms with Gasteiger partial charge in [-0.25, -0.2) is 4.98 Å². The molecule has 0 bridgehead atoms. The normalized spacial score (nSPS) is 11.3. The maximum absolute atomic E-state index is 6.11. The van der Waals surface area contributed by atoms with Crippen molar-refractivity contribution in [2.75, 3.05) is 0 Å². The van der Waals surface area contributed by atoms with E-state index in [9.17, 15) is 0 Å². The van der Waals surface area contributed by atoms with Crippen LogP contribution in [0.25, 0.3) is 22.6 Å². The molecule has 92 valence electrons. The van der Waals surface area contributed by atoms with Crippen molar-refractivity contribution in [3.8, 4) is 11.5 Å². The first-order chi connectivity index (χ1) is 8.56. The summed E-state index contributed by atoms with van der Waals surface area (Å²) in [6, 6.07) is 5.84. The van der Waals surface area contributed by atoms with Crippen LogP contribution < -0.4 is 0 Å². The molecule has 0 atom stereocenters. The van der Waals surface area contributed by atoms with Crippen LogP contribution in [0.1, 0.15) is 11.3 Å². The minimum Gasteiger partial charge on any atom is -0.337 e. The summed E-state index contributed by atoms with van der Waals surface area (Å²) >= 11 is 6.11. The Hall–Kier alpha value is -1.81. The van der Waals surface area contributed by atoms with E-state index in [4.69, 9.17) is 11.6 Å². The molecule has 0 aliphatic rings. The molecule has 3 rings (SSSR count). The Morgan fingerprint density at radius 1 is 1.28 bits per heavy atom. The van der Waals surface area contributed by atoms with Crippen LogP contribution in [0.5, 0.6) is 0 Å². The van der Waals surface area contributed by atoms with Crippen molar-refractivity contribution in [2.45, 2.75) is 13.8 Å². The standard InChI is InChI=1S/C13H13ClN4/c1-7-6-11(18(3)17-7)13-15-10-5-4-9(14)8(2)12(10)16-13/h4-6H,1-3H3,(H,15,16). The van der Waals surface area contributed by atoms with Crippen LogP contribution in [0, 0.1) is 13.8 Å². The summed E-state index contributed by atoms with van der Waals surface area (Å²) in [7, 11) is 1.91. The van der Waals surface area contributed by atoms with Crippen molar-refractivity contribution >= 4 is 22.6 Å². The topological polar surface area (TPSA) is 46.5 Å². The van der Waals surface area contributed by atoms with Crippen LogP contribution in [0.3, 0.4) is 0 Å². The Morgan fingerprint density at radius 3 is 2.72 bits per heavy atom. The monoisotopic (exact) mass is 260 g/mol. The average molecular weight is 261 g/mol. The van der Waals surface area contributed by atoms with Gasteiger partial charge in [0.25, 0.3) is 0 Å². The van der Waals surface area contributed by atoms with Crippen molar-refractivity contribution in [1.82, 2.24) is 19.7 Å². The molecule has 0 aliphatic carbocycles. The van der Waals surface area contributed by atoms with Crippen LogP contribution in [0.4, 0.5) is 0 Å². The van der Waals surface area contributed by atoms with Gasteiger partial charge in [-0.05, 0) is 37.6 Å². The highest BCUT2D eigenvalue weighted by Gasteiger charge is 2.12. The van der Waals surface area contributed by atoms with Crippen molar-refractivity contribution in [3.05, 3.63) is 34.5 Å². The fraction of sp³-hybridized carbons (Fsp3) is 0.231. The Kier molecular flexibility index (Phi) is 2.41. The van der Waals surface area contributed by atoms with Gasteiger partial charge >= 0.3 is 0 Å². The third kappa shape index (κ3) is 1.61. The van der Waals surface area contributed by atoms with Crippen molar-refractivity contribution in [2.24, 2.45) is 7.05 Å². The molecular weight excluding hydrogens is 248 g/mol. The van der Waals surface area contributed by atoms with Gasteiger partial charge < -0.3 is 4.98 Å². The first-order valence-electron chi connectivity index (χ1n) is 5.72. The third-order valence-corrected chi connectivity index (χ3v) is 3.50. The van der Waals surface area contributed by atoms with Gasteiger partial charge in [-0.2, -0.15) is 5.10 Å². The number of aromatic nitrogens is 4. The second-order valence-corrected chi connectivity index (χ2v) is 4.86. The second-order valence-electron chi connectivity index (χ2n) is 4.45. The number of aromatic amines is 1. The highest BCUT2D eigenvalue weighted by molar-refractivity contribution is 6.32. The molecule has 0 spiro atoms. The quantitative estimate of drug-likeness (QED) is 0.730. The Labute approximate surface area is 110 Å². The first-order valence-corrected chi connectivity index (χ1v) is 6.10. The molecule has 2 aromatic heterocycles. The summed E-state index contributed by atoms with van der Waals surface area (Å²) in [4.78, 5) is 7.92. The second kappa shape index (κ2) is 3.85. The molecule has 0 fully saturated rings. The van der Waals surface area contributed by atoms with Crippen LogP contribution in [-0.2, 0) is 7.05 Å². The van der Waals surface area contributed by atoms with Crippen molar-refractivity contribution in [3.63, 3.8) is 0 Å². The number of halogens is 1. The number of hydrogen-bond donors (Lipinski definition) is 1. The van der Waals surface area contributed by atoms with E-state index in [1.54, 1.807) is 0 Å². The van der Waals surface area contributed by atoms with Crippen LogP contribution in [0.2, 0.25) is 5.02 Å². The van der Waals surface area contributed by atoms with E-state index in [-0.39, 0.29) is 0 Å². The van der Waals surface area contributed by atoms with Crippen LogP contribution >= 0.6 is 11.6 Å². The summed E-state index contributed by atoms with van der Waals surface area (Å²) in [5.74, 6) is 0.818. The van der Waals surface area contributed by atoms with Crippen LogP contribution in [0.15, 0.2) is 18.2 Å². The zero-order valence-corrected chi connectivity index (χ0v) is 11.2. The lowest BCUT2D eigenvalue weighted by Crippen LogP contribution is -1.94. The van der Waals surface area contributed by atoms with E-state index in [1.807, 2.05) is 43.8 Å². The van der Waals surface area contributed by atoms with Crippen LogP contribution in [-0.4, -0.2) is 19.7 Å². The number of hydrogen-bond acceptors (Lipinski definition) is 2. The number of nitrogens with one attached hydrogen (secondary N) is 1. The molecule has 0 aliphatic heterocycles. The molecule has 2 heterocycles. The maximum atomic E-state index is 6.11. The minimum atomic E-state index is 0.738. The summed E-state index contributed by atoms with van der Waals surface area (Å²) in [5, 5.41) is 5.07. The van der Waals surface area contributed by atoms with Crippen molar-refractivity contribution < 1.29 is 0 Å². The molecule has 5 heteroatoms. The van der Waals surface area contributed by atoms with Gasteiger partial charge in [0.05, 0.1) is 16.7 Å². The number of imidazole rings is 1. The third-order valence-electron chi connectivity index (χ3n) is 3.09. The Morgan fingerprint density at radius 2 is 2.06 bits per heavy atom. The van der Waals surface area contributed by atoms with E-state index < -0.39 is 0 Å². The SMILES string of the molecule is Cc1cc(-c2nc3c(C)c(Cl)ccc3[nH]2)n(C)n1. The van der Waals surface area contributed by atoms with E-state index in [0.717, 1.165) is 38.8 Å². The average Bonchev–Trinajstić information content (AvgIpc) is 2.87. The fourth-order valence-electron chi connectivity index (χ4n) is 2.14. The number of benzene rings is 1. The van der Waals surface area contributed by atoms with E-state index in [0.29, 0.717) is 0 Å². The number of nitrogens with zero attached hydrogens (tertiary/aromatic N) is 3. The highest BCUT2D eigenvalue weighted by atomic mass is 35.5. The van der Waals surface area contributed by atoms with E-state index in [1.165, 1.54) is 0 Å². The van der Waals surface area contributed by atoms with Gasteiger partial charge in [0, 0.05) is 12.1 Å². The van der Waals surface area contributed by atoms with Gasteiger partial charge in [-0.3, -0.25) is 4.68 Å². The zero-order chi connectivity index (χ0) is 12.9. The molecule has 3 aromatic rings. The largest absolute Gasteiger partial charge is 0.337 e. The predicted octanol–water partition coefficient (Wildman–Crippen LogP) is 3.23. The molecule has 0 radical (unpaired) electrons. The Balaban J connectivity index is 2.26.